The van der Waals surface area contributed by atoms with E-state index in [0.717, 1.165) is 50.9 Å². The highest BCUT2D eigenvalue weighted by atomic mass is 16.2. The number of carbonyl (C=O) groups excluding carboxylic acids is 2. The number of piperazine rings is 1. The van der Waals surface area contributed by atoms with Crippen LogP contribution in [-0.2, 0) is 9.59 Å². The summed E-state index contributed by atoms with van der Waals surface area (Å²) in [4.78, 5) is 29.9. The summed E-state index contributed by atoms with van der Waals surface area (Å²) in [5.41, 5.74) is 0. The van der Waals surface area contributed by atoms with Crippen LogP contribution in [-0.4, -0.2) is 73.3 Å². The molecule has 2 aliphatic carbocycles. The van der Waals surface area contributed by atoms with E-state index in [9.17, 15) is 9.59 Å². The van der Waals surface area contributed by atoms with E-state index in [-0.39, 0.29) is 5.91 Å². The second-order valence-electron chi connectivity index (χ2n) is 6.81. The smallest absolute Gasteiger partial charge is 0.236 e. The number of amides is 2. The largest absolute Gasteiger partial charge is 0.348 e. The van der Waals surface area contributed by atoms with Crippen LogP contribution in [0.15, 0.2) is 0 Å². The van der Waals surface area contributed by atoms with E-state index < -0.39 is 0 Å². The van der Waals surface area contributed by atoms with Gasteiger partial charge in [0.2, 0.25) is 11.8 Å². The van der Waals surface area contributed by atoms with Crippen LogP contribution in [0.2, 0.25) is 0 Å². The van der Waals surface area contributed by atoms with Crippen LogP contribution >= 0.6 is 0 Å². The van der Waals surface area contributed by atoms with Crippen molar-refractivity contribution in [1.82, 2.24) is 14.7 Å². The zero-order valence-electron chi connectivity index (χ0n) is 12.5. The Hall–Kier alpha value is -1.10. The van der Waals surface area contributed by atoms with Gasteiger partial charge < -0.3 is 9.80 Å². The van der Waals surface area contributed by atoms with Gasteiger partial charge in [-0.3, -0.25) is 14.5 Å². The maximum Gasteiger partial charge on any atom is 0.236 e. The average Bonchev–Trinajstić information content (AvgIpc) is 3.05. The second kappa shape index (κ2) is 5.35. The van der Waals surface area contributed by atoms with Crippen molar-refractivity contribution < 1.29 is 9.59 Å². The summed E-state index contributed by atoms with van der Waals surface area (Å²) in [6, 6.07) is 0. The summed E-state index contributed by atoms with van der Waals surface area (Å²) >= 11 is 0. The molecular weight excluding hydrogens is 254 g/mol. The molecule has 2 unspecified atom stereocenters. The first-order valence-corrected chi connectivity index (χ1v) is 7.76. The Morgan fingerprint density at radius 3 is 2.15 bits per heavy atom. The predicted molar refractivity (Wildman–Crippen MR) is 76.0 cm³/mol. The summed E-state index contributed by atoms with van der Waals surface area (Å²) in [5.74, 6) is 2.54. The van der Waals surface area contributed by atoms with Crippen molar-refractivity contribution in [3.63, 3.8) is 0 Å². The van der Waals surface area contributed by atoms with Crippen molar-refractivity contribution in [2.75, 3.05) is 46.8 Å². The van der Waals surface area contributed by atoms with Gasteiger partial charge in [-0.25, -0.2) is 0 Å². The highest BCUT2D eigenvalue weighted by Gasteiger charge is 2.48. The molecule has 0 aromatic carbocycles. The third-order valence-corrected chi connectivity index (χ3v) is 5.13. The molecule has 0 aromatic rings. The highest BCUT2D eigenvalue weighted by Crippen LogP contribution is 2.54. The van der Waals surface area contributed by atoms with Gasteiger partial charge >= 0.3 is 0 Å². The van der Waals surface area contributed by atoms with Gasteiger partial charge in [-0.1, -0.05) is 0 Å². The minimum atomic E-state index is 0.139. The van der Waals surface area contributed by atoms with Crippen molar-refractivity contribution in [2.45, 2.75) is 19.3 Å². The standard InChI is InChI=1S/C15H25N3O2/c1-16(2)14(19)10-17-3-5-18(6-4-17)15(20)13-8-11-7-12(11)9-13/h11-13H,3-10H2,1-2H3. The van der Waals surface area contributed by atoms with E-state index >= 15 is 0 Å². The Labute approximate surface area is 120 Å². The molecule has 2 atom stereocenters. The number of hydrogen-bond donors (Lipinski definition) is 0. The van der Waals surface area contributed by atoms with Gasteiger partial charge in [0.1, 0.15) is 0 Å². The molecule has 3 rings (SSSR count). The highest BCUT2D eigenvalue weighted by molar-refractivity contribution is 5.80. The monoisotopic (exact) mass is 279 g/mol. The lowest BCUT2D eigenvalue weighted by Crippen LogP contribution is -2.52. The molecule has 2 saturated carbocycles. The van der Waals surface area contributed by atoms with E-state index in [2.05, 4.69) is 4.90 Å². The zero-order chi connectivity index (χ0) is 14.3. The molecule has 0 aromatic heterocycles. The van der Waals surface area contributed by atoms with Gasteiger partial charge in [0, 0.05) is 46.2 Å². The maximum atomic E-state index is 12.4. The molecule has 5 heteroatoms. The molecule has 0 spiro atoms. The van der Waals surface area contributed by atoms with Crippen LogP contribution in [0.5, 0.6) is 0 Å². The van der Waals surface area contributed by atoms with Crippen molar-refractivity contribution in [1.29, 1.82) is 0 Å². The molecule has 0 N–H and O–H groups in total. The minimum absolute atomic E-state index is 0.139. The van der Waals surface area contributed by atoms with E-state index in [1.165, 1.54) is 6.42 Å². The van der Waals surface area contributed by atoms with Crippen molar-refractivity contribution >= 4 is 11.8 Å². The van der Waals surface area contributed by atoms with Crippen LogP contribution in [0.4, 0.5) is 0 Å². The molecular formula is C15H25N3O2. The first-order valence-electron chi connectivity index (χ1n) is 7.76. The molecule has 3 aliphatic rings. The fourth-order valence-corrected chi connectivity index (χ4v) is 3.63. The zero-order valence-corrected chi connectivity index (χ0v) is 12.5. The Morgan fingerprint density at radius 1 is 1.00 bits per heavy atom. The number of likely N-dealkylation sites (N-methyl/N-ethyl adjacent to an activating group) is 1. The predicted octanol–water partition coefficient (Wildman–Crippen LogP) is 0.265. The SMILES string of the molecule is CN(C)C(=O)CN1CCN(C(=O)C2CC3CC3C2)CC1. The van der Waals surface area contributed by atoms with Crippen LogP contribution in [0.25, 0.3) is 0 Å². The summed E-state index contributed by atoms with van der Waals surface area (Å²) in [5, 5.41) is 0. The van der Waals surface area contributed by atoms with Gasteiger partial charge in [-0.05, 0) is 31.1 Å². The molecule has 2 amide bonds. The number of rotatable bonds is 3. The fraction of sp³-hybridized carbons (Fsp3) is 0.867. The van der Waals surface area contributed by atoms with Crippen LogP contribution in [0, 0.1) is 17.8 Å². The lowest BCUT2D eigenvalue weighted by molar-refractivity contribution is -0.138. The summed E-state index contributed by atoms with van der Waals surface area (Å²) in [7, 11) is 3.57. The van der Waals surface area contributed by atoms with Gasteiger partial charge in [-0.15, -0.1) is 0 Å². The minimum Gasteiger partial charge on any atom is -0.348 e. The van der Waals surface area contributed by atoms with Crippen molar-refractivity contribution in [3.8, 4) is 0 Å². The molecule has 20 heavy (non-hydrogen) atoms. The van der Waals surface area contributed by atoms with Gasteiger partial charge in [0.25, 0.3) is 0 Å². The first kappa shape index (κ1) is 13.9. The van der Waals surface area contributed by atoms with Crippen LogP contribution < -0.4 is 0 Å². The molecule has 1 saturated heterocycles. The van der Waals surface area contributed by atoms with Crippen LogP contribution in [0.3, 0.4) is 0 Å². The normalized spacial score (nSPS) is 32.9. The molecule has 5 nitrogen and oxygen atoms in total. The van der Waals surface area contributed by atoms with Gasteiger partial charge in [0.15, 0.2) is 0 Å². The van der Waals surface area contributed by atoms with E-state index in [1.54, 1.807) is 19.0 Å². The third kappa shape index (κ3) is 2.82. The molecule has 1 heterocycles. The molecule has 3 fully saturated rings. The summed E-state index contributed by atoms with van der Waals surface area (Å²) < 4.78 is 0. The number of hydrogen-bond acceptors (Lipinski definition) is 3. The Morgan fingerprint density at radius 2 is 1.60 bits per heavy atom. The molecule has 112 valence electrons. The summed E-state index contributed by atoms with van der Waals surface area (Å²) in [6.45, 7) is 3.69. The van der Waals surface area contributed by atoms with Gasteiger partial charge in [-0.2, -0.15) is 0 Å². The lowest BCUT2D eigenvalue weighted by atomic mass is 10.0. The van der Waals surface area contributed by atoms with E-state index in [1.807, 2.05) is 4.90 Å². The second-order valence-corrected chi connectivity index (χ2v) is 6.81. The van der Waals surface area contributed by atoms with E-state index in [4.69, 9.17) is 0 Å². The third-order valence-electron chi connectivity index (χ3n) is 5.13. The molecule has 0 radical (unpaired) electrons. The average molecular weight is 279 g/mol. The Balaban J connectivity index is 1.44. The topological polar surface area (TPSA) is 43.9 Å². The lowest BCUT2D eigenvalue weighted by Gasteiger charge is -2.36. The summed E-state index contributed by atoms with van der Waals surface area (Å²) in [6.07, 6.45) is 3.62. The van der Waals surface area contributed by atoms with Crippen molar-refractivity contribution in [2.24, 2.45) is 17.8 Å². The van der Waals surface area contributed by atoms with Gasteiger partial charge in [0.05, 0.1) is 6.54 Å². The van der Waals surface area contributed by atoms with Crippen LogP contribution in [0.1, 0.15) is 19.3 Å². The fourth-order valence-electron chi connectivity index (χ4n) is 3.63. The Kier molecular flexibility index (Phi) is 3.71. The number of carbonyl (C=O) groups is 2. The first-order chi connectivity index (χ1) is 9.54. The molecule has 0 bridgehead atoms. The maximum absolute atomic E-state index is 12.4. The molecule has 1 aliphatic heterocycles. The van der Waals surface area contributed by atoms with Crippen molar-refractivity contribution in [3.05, 3.63) is 0 Å². The quantitative estimate of drug-likeness (QED) is 0.744. The number of fused-ring (bicyclic) bond motifs is 1. The van der Waals surface area contributed by atoms with E-state index in [0.29, 0.717) is 18.4 Å². The number of nitrogens with zero attached hydrogens (tertiary/aromatic N) is 3. The Bertz CT molecular complexity index is 392.